The summed E-state index contributed by atoms with van der Waals surface area (Å²) in [5.41, 5.74) is 6.83. The Morgan fingerprint density at radius 1 is 0.757 bits per heavy atom. The molecule has 7 heterocycles. The van der Waals surface area contributed by atoms with E-state index < -0.39 is 5.60 Å². The lowest BCUT2D eigenvalue weighted by atomic mass is 9.90. The number of likely N-dealkylation sites (tertiary alicyclic amines) is 1. The van der Waals surface area contributed by atoms with E-state index in [2.05, 4.69) is 27.4 Å². The molecule has 70 heavy (non-hydrogen) atoms. The standard InChI is InChI=1S/C27H35N5O4.C22H27N5O2.C4H8O/c1-17(16-33)18-6-7-21-19(12-18)24(30-31(21)5)20-13-28-14-23(29-20)35-22-15-32(11-10-27(22)8-9-27)25(34)36-26(2,3)4;1-14(13-28)15-3-4-18-16(9-15)21(26-27(18)2)17-10-24-12-20(25-17)29-19-11-23-8-7-22(19)5-6-22;1-2-4-5-3-1/h6-7,12-14,17,22,33H,8-11,15-16H2,1-5H3;3-4,9-10,12,14,19,23,28H,5-8,11,13H2,1-2H3;1-4H2/t17?,22-;14?,19-;/m00./s1. The Balaban J connectivity index is 0.000000161. The van der Waals surface area contributed by atoms with Crippen LogP contribution in [0.4, 0.5) is 4.79 Å². The van der Waals surface area contributed by atoms with Crippen molar-refractivity contribution < 1.29 is 34.0 Å². The molecule has 6 aromatic rings. The number of nitrogens with zero attached hydrogens (tertiary/aromatic N) is 9. The van der Waals surface area contributed by atoms with E-state index in [1.54, 1.807) is 29.7 Å². The van der Waals surface area contributed by atoms with Crippen molar-refractivity contribution >= 4 is 27.9 Å². The number of aryl methyl sites for hydroxylation is 2. The van der Waals surface area contributed by atoms with Gasteiger partial charge in [0.15, 0.2) is 0 Å². The Hall–Kier alpha value is -5.75. The third-order valence-electron chi connectivity index (χ3n) is 14.7. The summed E-state index contributed by atoms with van der Waals surface area (Å²) in [6, 6.07) is 12.3. The van der Waals surface area contributed by atoms with Crippen LogP contribution in [0.2, 0.25) is 0 Å². The van der Waals surface area contributed by atoms with Gasteiger partial charge in [0.1, 0.15) is 40.6 Å². The van der Waals surface area contributed by atoms with Crippen molar-refractivity contribution in [1.29, 1.82) is 0 Å². The van der Waals surface area contributed by atoms with E-state index >= 15 is 0 Å². The average Bonchev–Trinajstić information content (AvgIpc) is 4.13. The number of carbonyl (C=O) groups excluding carboxylic acids is 1. The molecule has 3 N–H and O–H groups in total. The minimum Gasteiger partial charge on any atom is -0.471 e. The molecule has 3 saturated heterocycles. The zero-order valence-corrected chi connectivity index (χ0v) is 41.9. The number of rotatable bonds is 10. The SMILES string of the molecule is C1CCOC1.CC(CO)c1ccc2c(c1)c(-c1cncc(O[C@H]3CN(C(=O)OC(C)(C)C)CCC34CC4)n1)nn2C.CC(CO)c1ccc2c(c1)c(-c1cncc(O[C@H]3CNCCC34CC4)n1)nn2C. The molecule has 0 bridgehead atoms. The third kappa shape index (κ3) is 10.9. The highest BCUT2D eigenvalue weighted by Crippen LogP contribution is 2.55. The zero-order chi connectivity index (χ0) is 49.2. The fraction of sp³-hybridized carbons (Fsp3) is 0.566. The molecular weight excluding hydrogens is 889 g/mol. The van der Waals surface area contributed by atoms with Crippen LogP contribution in [-0.2, 0) is 23.6 Å². The first-order valence-electron chi connectivity index (χ1n) is 25.1. The van der Waals surface area contributed by atoms with Crippen LogP contribution in [-0.4, -0.2) is 131 Å². The lowest BCUT2D eigenvalue weighted by molar-refractivity contribution is -0.0120. The minimum atomic E-state index is -0.539. The highest BCUT2D eigenvalue weighted by atomic mass is 16.6. The summed E-state index contributed by atoms with van der Waals surface area (Å²) in [5.74, 6) is 1.08. The van der Waals surface area contributed by atoms with Crippen molar-refractivity contribution in [2.24, 2.45) is 24.9 Å². The van der Waals surface area contributed by atoms with Crippen LogP contribution in [0.25, 0.3) is 44.6 Å². The first-order chi connectivity index (χ1) is 33.7. The number of ether oxygens (including phenoxy) is 4. The molecule has 2 aromatic carbocycles. The van der Waals surface area contributed by atoms with E-state index in [0.29, 0.717) is 41.7 Å². The highest BCUT2D eigenvalue weighted by Gasteiger charge is 2.55. The van der Waals surface area contributed by atoms with Gasteiger partial charge in [-0.2, -0.15) is 10.2 Å². The second-order valence-corrected chi connectivity index (χ2v) is 21.0. The van der Waals surface area contributed by atoms with Crippen molar-refractivity contribution in [2.75, 3.05) is 52.6 Å². The summed E-state index contributed by atoms with van der Waals surface area (Å²) in [6.45, 7) is 14.9. The average molecular weight is 959 g/mol. The molecular formula is C53H70N10O7. The van der Waals surface area contributed by atoms with E-state index in [1.165, 1.54) is 32.1 Å². The molecule has 1 amide bonds. The molecule has 4 atom stereocenters. The van der Waals surface area contributed by atoms with Crippen LogP contribution >= 0.6 is 0 Å². The van der Waals surface area contributed by atoms with Crippen molar-refractivity contribution in [1.82, 2.24) is 49.7 Å². The molecule has 374 valence electrons. The Bertz CT molecular complexity index is 2770. The van der Waals surface area contributed by atoms with Crippen molar-refractivity contribution in [3.63, 3.8) is 0 Å². The van der Waals surface area contributed by atoms with E-state index in [0.717, 1.165) is 89.9 Å². The normalized spacial score (nSPS) is 20.8. The predicted octanol–water partition coefficient (Wildman–Crippen LogP) is 7.74. The topological polar surface area (TPSA) is 197 Å². The van der Waals surface area contributed by atoms with Crippen molar-refractivity contribution in [3.05, 3.63) is 72.3 Å². The first kappa shape index (κ1) is 49.2. The summed E-state index contributed by atoms with van der Waals surface area (Å²) in [6.07, 6.45) is 15.7. The van der Waals surface area contributed by atoms with Gasteiger partial charge < -0.3 is 39.4 Å². The molecule has 4 aromatic heterocycles. The Morgan fingerprint density at radius 3 is 1.74 bits per heavy atom. The van der Waals surface area contributed by atoms with Gasteiger partial charge in [-0.3, -0.25) is 19.3 Å². The number of amides is 1. The van der Waals surface area contributed by atoms with Gasteiger partial charge in [0.05, 0.1) is 42.4 Å². The molecule has 17 heteroatoms. The maximum Gasteiger partial charge on any atom is 0.410 e. The molecule has 0 radical (unpaired) electrons. The second-order valence-electron chi connectivity index (χ2n) is 21.0. The molecule has 11 rings (SSSR count). The van der Waals surface area contributed by atoms with E-state index in [-0.39, 0.29) is 48.8 Å². The maximum absolute atomic E-state index is 12.7. The molecule has 2 aliphatic carbocycles. The number of aromatic nitrogens is 8. The molecule has 17 nitrogen and oxygen atoms in total. The summed E-state index contributed by atoms with van der Waals surface area (Å²) in [5, 5.41) is 33.9. The number of piperidine rings is 2. The van der Waals surface area contributed by atoms with E-state index in [9.17, 15) is 15.0 Å². The summed E-state index contributed by atoms with van der Waals surface area (Å²) >= 11 is 0. The number of nitrogens with one attached hydrogen (secondary N) is 1. The Labute approximate surface area is 410 Å². The first-order valence-corrected chi connectivity index (χ1v) is 25.1. The summed E-state index contributed by atoms with van der Waals surface area (Å²) < 4.78 is 26.9. The van der Waals surface area contributed by atoms with E-state index in [1.807, 2.05) is 82.3 Å². The highest BCUT2D eigenvalue weighted by molar-refractivity contribution is 5.93. The zero-order valence-electron chi connectivity index (χ0n) is 41.9. The van der Waals surface area contributed by atoms with Crippen LogP contribution in [0, 0.1) is 10.8 Å². The molecule has 2 saturated carbocycles. The molecule has 5 fully saturated rings. The maximum atomic E-state index is 12.7. The summed E-state index contributed by atoms with van der Waals surface area (Å²) in [4.78, 5) is 32.8. The lowest BCUT2D eigenvalue weighted by Gasteiger charge is -2.39. The predicted molar refractivity (Wildman–Crippen MR) is 267 cm³/mol. The van der Waals surface area contributed by atoms with Crippen LogP contribution in [0.5, 0.6) is 11.8 Å². The third-order valence-corrected chi connectivity index (χ3v) is 14.7. The van der Waals surface area contributed by atoms with Crippen LogP contribution in [0.3, 0.4) is 0 Å². The monoisotopic (exact) mass is 959 g/mol. The largest absolute Gasteiger partial charge is 0.471 e. The van der Waals surface area contributed by atoms with Gasteiger partial charge in [0, 0.05) is 87.1 Å². The molecule has 5 aliphatic rings. The smallest absolute Gasteiger partial charge is 0.410 e. The number of benzene rings is 2. The number of hydrogen-bond donors (Lipinski definition) is 3. The quantitative estimate of drug-likeness (QED) is 0.121. The van der Waals surface area contributed by atoms with Crippen LogP contribution in [0.15, 0.2) is 61.2 Å². The van der Waals surface area contributed by atoms with Gasteiger partial charge in [-0.15, -0.1) is 0 Å². The van der Waals surface area contributed by atoms with Gasteiger partial charge >= 0.3 is 6.09 Å². The van der Waals surface area contributed by atoms with Crippen LogP contribution < -0.4 is 14.8 Å². The van der Waals surface area contributed by atoms with Crippen molar-refractivity contribution in [3.8, 4) is 34.5 Å². The van der Waals surface area contributed by atoms with Gasteiger partial charge in [-0.1, -0.05) is 26.0 Å². The van der Waals surface area contributed by atoms with E-state index in [4.69, 9.17) is 39.1 Å². The second kappa shape index (κ2) is 20.5. The van der Waals surface area contributed by atoms with Gasteiger partial charge in [0.2, 0.25) is 11.8 Å². The molecule has 2 unspecified atom stereocenters. The number of aliphatic hydroxyl groups is 2. The number of fused-ring (bicyclic) bond motifs is 2. The Kier molecular flexibility index (Phi) is 14.4. The van der Waals surface area contributed by atoms with Crippen molar-refractivity contribution in [2.45, 2.75) is 116 Å². The van der Waals surface area contributed by atoms with Gasteiger partial charge in [-0.25, -0.2) is 14.8 Å². The number of aliphatic hydroxyl groups excluding tert-OH is 2. The van der Waals surface area contributed by atoms with Gasteiger partial charge in [-0.05, 0) is 114 Å². The van der Waals surface area contributed by atoms with Gasteiger partial charge in [0.25, 0.3) is 0 Å². The molecule has 3 aliphatic heterocycles. The minimum absolute atomic E-state index is 0.0251. The number of carbonyl (C=O) groups is 1. The fourth-order valence-electron chi connectivity index (χ4n) is 9.85. The van der Waals surface area contributed by atoms with Crippen LogP contribution in [0.1, 0.15) is 109 Å². The Morgan fingerprint density at radius 2 is 1.27 bits per heavy atom. The lowest BCUT2D eigenvalue weighted by Crippen LogP contribution is -2.51. The number of hydrogen-bond acceptors (Lipinski definition) is 14. The fourth-order valence-corrected chi connectivity index (χ4v) is 9.85. The molecule has 2 spiro atoms. The summed E-state index contributed by atoms with van der Waals surface area (Å²) in [7, 11) is 3.83.